The maximum atomic E-state index is 13.5. The van der Waals surface area contributed by atoms with Crippen LogP contribution in [0.25, 0.3) is 16.8 Å². The van der Waals surface area contributed by atoms with Crippen molar-refractivity contribution in [2.24, 2.45) is 0 Å². The van der Waals surface area contributed by atoms with E-state index in [-0.39, 0.29) is 11.4 Å². The van der Waals surface area contributed by atoms with Crippen molar-refractivity contribution in [2.45, 2.75) is 65.0 Å². The van der Waals surface area contributed by atoms with Crippen LogP contribution in [-0.4, -0.2) is 42.2 Å². The van der Waals surface area contributed by atoms with Crippen LogP contribution in [0.4, 0.5) is 0 Å². The van der Waals surface area contributed by atoms with Crippen molar-refractivity contribution in [2.75, 3.05) is 21.3 Å². The van der Waals surface area contributed by atoms with Gasteiger partial charge in [-0.1, -0.05) is 6.08 Å². The number of aromatic nitrogens is 1. The average Bonchev–Trinajstić information content (AvgIpc) is 3.17. The summed E-state index contributed by atoms with van der Waals surface area (Å²) in [5.41, 5.74) is 6.60. The summed E-state index contributed by atoms with van der Waals surface area (Å²) in [6.07, 6.45) is 7.80. The largest absolute Gasteiger partial charge is 0.493 e. The van der Waals surface area contributed by atoms with Gasteiger partial charge in [0.25, 0.3) is 5.91 Å². The highest BCUT2D eigenvalue weighted by atomic mass is 16.5. The first-order valence-corrected chi connectivity index (χ1v) is 11.2. The van der Waals surface area contributed by atoms with Gasteiger partial charge in [0.05, 0.1) is 19.9 Å². The highest BCUT2D eigenvalue weighted by Crippen LogP contribution is 2.44. The molecule has 0 bridgehead atoms. The predicted molar refractivity (Wildman–Crippen MR) is 125 cm³/mol. The van der Waals surface area contributed by atoms with Gasteiger partial charge < -0.3 is 18.9 Å². The van der Waals surface area contributed by atoms with Gasteiger partial charge in [-0.2, -0.15) is 0 Å². The minimum Gasteiger partial charge on any atom is -0.493 e. The summed E-state index contributed by atoms with van der Waals surface area (Å²) >= 11 is 0. The van der Waals surface area contributed by atoms with E-state index in [0.29, 0.717) is 0 Å². The first-order valence-electron chi connectivity index (χ1n) is 11.2. The van der Waals surface area contributed by atoms with Gasteiger partial charge in [-0.05, 0) is 82.2 Å². The average molecular weight is 423 g/mol. The standard InChI is InChI=1S/C26H34N2O3/c1-26(2,3)27(4)25(29)21-15-19(17-10-8-7-9-11-17)24-20-16-23(31-6)22(30-5)14-18(20)12-13-28(21)24/h10,14-16H,7-9,11-13H2,1-6H3. The molecule has 5 nitrogen and oxygen atoms in total. The molecule has 1 aromatic carbocycles. The molecule has 0 atom stereocenters. The fourth-order valence-corrected chi connectivity index (χ4v) is 4.63. The van der Waals surface area contributed by atoms with Crippen LogP contribution in [0.15, 0.2) is 24.3 Å². The van der Waals surface area contributed by atoms with Gasteiger partial charge in [0.1, 0.15) is 5.69 Å². The van der Waals surface area contributed by atoms with E-state index in [1.165, 1.54) is 29.5 Å². The molecule has 2 heterocycles. The Morgan fingerprint density at radius 3 is 2.32 bits per heavy atom. The highest BCUT2D eigenvalue weighted by molar-refractivity contribution is 5.97. The molecular weight excluding hydrogens is 388 g/mol. The Morgan fingerprint density at radius 2 is 1.71 bits per heavy atom. The normalized spacial score (nSPS) is 15.6. The lowest BCUT2D eigenvalue weighted by atomic mass is 9.89. The van der Waals surface area contributed by atoms with Crippen molar-refractivity contribution in [1.82, 2.24) is 9.47 Å². The lowest BCUT2D eigenvalue weighted by Crippen LogP contribution is -2.43. The molecule has 0 radical (unpaired) electrons. The maximum Gasteiger partial charge on any atom is 0.270 e. The van der Waals surface area contributed by atoms with Crippen LogP contribution in [0.5, 0.6) is 11.5 Å². The van der Waals surface area contributed by atoms with Crippen molar-refractivity contribution < 1.29 is 14.3 Å². The Kier molecular flexibility index (Phi) is 5.63. The van der Waals surface area contributed by atoms with Gasteiger partial charge in [-0.25, -0.2) is 0 Å². The number of allylic oxidation sites excluding steroid dienone is 2. The molecule has 0 spiro atoms. The molecule has 0 saturated carbocycles. The number of fused-ring (bicyclic) bond motifs is 3. The van der Waals surface area contributed by atoms with Gasteiger partial charge in [-0.15, -0.1) is 0 Å². The smallest absolute Gasteiger partial charge is 0.270 e. The lowest BCUT2D eigenvalue weighted by Gasteiger charge is -2.32. The van der Waals surface area contributed by atoms with Gasteiger partial charge in [0, 0.05) is 30.3 Å². The predicted octanol–water partition coefficient (Wildman–Crippen LogP) is 5.56. The molecule has 0 saturated heterocycles. The molecule has 1 aliphatic carbocycles. The second-order valence-corrected chi connectivity index (χ2v) is 9.57. The van der Waals surface area contributed by atoms with Crippen LogP contribution in [0.3, 0.4) is 0 Å². The van der Waals surface area contributed by atoms with Crippen molar-refractivity contribution in [3.05, 3.63) is 41.1 Å². The zero-order valence-electron chi connectivity index (χ0n) is 19.7. The molecule has 0 unspecified atom stereocenters. The SMILES string of the molecule is COc1cc2c(cc1OC)-c1c(C3=CCCCC3)cc(C(=O)N(C)C(C)(C)C)n1CC2. The number of ether oxygens (including phenoxy) is 2. The van der Waals surface area contributed by atoms with Crippen molar-refractivity contribution >= 4 is 11.5 Å². The molecule has 0 fully saturated rings. The second kappa shape index (κ2) is 8.10. The topological polar surface area (TPSA) is 43.7 Å². The summed E-state index contributed by atoms with van der Waals surface area (Å²) in [6, 6.07) is 6.29. The minimum absolute atomic E-state index is 0.0698. The van der Waals surface area contributed by atoms with Crippen molar-refractivity contribution in [3.63, 3.8) is 0 Å². The van der Waals surface area contributed by atoms with Crippen LogP contribution in [0.1, 0.15) is 68.1 Å². The molecule has 1 aliphatic heterocycles. The number of methoxy groups -OCH3 is 2. The Balaban J connectivity index is 1.93. The number of carbonyl (C=O) groups is 1. The quantitative estimate of drug-likeness (QED) is 0.648. The molecule has 166 valence electrons. The zero-order valence-corrected chi connectivity index (χ0v) is 19.7. The summed E-state index contributed by atoms with van der Waals surface area (Å²) in [7, 11) is 5.24. The summed E-state index contributed by atoms with van der Waals surface area (Å²) in [6.45, 7) is 7.00. The summed E-state index contributed by atoms with van der Waals surface area (Å²) < 4.78 is 13.4. The molecule has 1 aromatic heterocycles. The molecule has 2 aliphatic rings. The van der Waals surface area contributed by atoms with E-state index in [1.54, 1.807) is 14.2 Å². The number of carbonyl (C=O) groups excluding carboxylic acids is 1. The molecule has 4 rings (SSSR count). The number of nitrogens with zero attached hydrogens (tertiary/aromatic N) is 2. The second-order valence-electron chi connectivity index (χ2n) is 9.57. The number of hydrogen-bond acceptors (Lipinski definition) is 3. The third kappa shape index (κ3) is 3.75. The van der Waals surface area contributed by atoms with E-state index in [1.807, 2.05) is 11.9 Å². The Bertz CT molecular complexity index is 1040. The van der Waals surface area contributed by atoms with E-state index in [4.69, 9.17) is 9.47 Å². The van der Waals surface area contributed by atoms with Gasteiger partial charge in [0.2, 0.25) is 0 Å². The van der Waals surface area contributed by atoms with Crippen LogP contribution >= 0.6 is 0 Å². The lowest BCUT2D eigenvalue weighted by molar-refractivity contribution is 0.0644. The van der Waals surface area contributed by atoms with E-state index in [2.05, 4.69) is 49.6 Å². The summed E-state index contributed by atoms with van der Waals surface area (Å²) in [5.74, 6) is 1.54. The fraction of sp³-hybridized carbons (Fsp3) is 0.500. The first kappa shape index (κ1) is 21.5. The van der Waals surface area contributed by atoms with Crippen LogP contribution in [0.2, 0.25) is 0 Å². The molecule has 1 amide bonds. The van der Waals surface area contributed by atoms with Crippen molar-refractivity contribution in [1.29, 1.82) is 0 Å². The first-order chi connectivity index (χ1) is 14.8. The number of amides is 1. The highest BCUT2D eigenvalue weighted by Gasteiger charge is 2.32. The van der Waals surface area contributed by atoms with E-state index in [0.717, 1.165) is 54.3 Å². The third-order valence-electron chi connectivity index (χ3n) is 6.73. The molecular formula is C26H34N2O3. The van der Waals surface area contributed by atoms with E-state index >= 15 is 0 Å². The Labute approximate surface area is 185 Å². The van der Waals surface area contributed by atoms with Crippen molar-refractivity contribution in [3.8, 4) is 22.8 Å². The molecule has 2 aromatic rings. The molecule has 0 N–H and O–H groups in total. The number of hydrogen-bond donors (Lipinski definition) is 0. The Hall–Kier alpha value is -2.69. The zero-order chi connectivity index (χ0) is 22.3. The number of aryl methyl sites for hydroxylation is 1. The van der Waals surface area contributed by atoms with Gasteiger partial charge in [-0.3, -0.25) is 4.79 Å². The number of rotatable bonds is 4. The Morgan fingerprint density at radius 1 is 1.00 bits per heavy atom. The van der Waals surface area contributed by atoms with Crippen LogP contribution < -0.4 is 9.47 Å². The fourth-order valence-electron chi connectivity index (χ4n) is 4.63. The molecule has 31 heavy (non-hydrogen) atoms. The van der Waals surface area contributed by atoms with Crippen LogP contribution in [0, 0.1) is 0 Å². The maximum absolute atomic E-state index is 13.5. The van der Waals surface area contributed by atoms with E-state index < -0.39 is 0 Å². The van der Waals surface area contributed by atoms with Gasteiger partial charge in [0.15, 0.2) is 11.5 Å². The number of benzene rings is 1. The van der Waals surface area contributed by atoms with E-state index in [9.17, 15) is 4.79 Å². The summed E-state index contributed by atoms with van der Waals surface area (Å²) in [4.78, 5) is 15.4. The van der Waals surface area contributed by atoms with Gasteiger partial charge >= 0.3 is 0 Å². The monoisotopic (exact) mass is 422 g/mol. The molecule has 5 heteroatoms. The minimum atomic E-state index is -0.241. The third-order valence-corrected chi connectivity index (χ3v) is 6.73. The summed E-state index contributed by atoms with van der Waals surface area (Å²) in [5, 5.41) is 0. The van der Waals surface area contributed by atoms with Crippen LogP contribution in [-0.2, 0) is 13.0 Å².